The van der Waals surface area contributed by atoms with Crippen LogP contribution in [0.3, 0.4) is 0 Å². The zero-order chi connectivity index (χ0) is 14.2. The molecule has 4 nitrogen and oxygen atoms in total. The van der Waals surface area contributed by atoms with Crippen LogP contribution in [0.1, 0.15) is 41.5 Å². The molecule has 0 bridgehead atoms. The van der Waals surface area contributed by atoms with Crippen LogP contribution in [0.4, 0.5) is 5.82 Å². The number of anilines is 1. The van der Waals surface area contributed by atoms with Gasteiger partial charge in [0, 0.05) is 11.6 Å². The molecular formula is C14H16ClN3O. The molecule has 0 aliphatic heterocycles. The summed E-state index contributed by atoms with van der Waals surface area (Å²) in [7, 11) is 0. The standard InChI is InChI=1S/C14H16ClN3O/c1-8(2)18-14(16)12(9(3)17-18)13(19)10-6-4-5-7-11(10)15/h4-8H,16H2,1-3H3. The van der Waals surface area contributed by atoms with Gasteiger partial charge < -0.3 is 5.73 Å². The molecule has 0 unspecified atom stereocenters. The first-order chi connectivity index (χ1) is 8.93. The van der Waals surface area contributed by atoms with Gasteiger partial charge in [-0.25, -0.2) is 4.68 Å². The monoisotopic (exact) mass is 277 g/mol. The fourth-order valence-corrected chi connectivity index (χ4v) is 2.24. The van der Waals surface area contributed by atoms with Gasteiger partial charge in [-0.3, -0.25) is 4.79 Å². The number of halogens is 1. The molecular weight excluding hydrogens is 262 g/mol. The molecule has 1 aromatic heterocycles. The fraction of sp³-hybridized carbons (Fsp3) is 0.286. The first-order valence-corrected chi connectivity index (χ1v) is 6.45. The Hall–Kier alpha value is -1.81. The van der Waals surface area contributed by atoms with Gasteiger partial charge in [-0.2, -0.15) is 5.10 Å². The van der Waals surface area contributed by atoms with E-state index in [1.54, 1.807) is 35.9 Å². The Bertz CT molecular complexity index is 632. The second-order valence-corrected chi connectivity index (χ2v) is 5.10. The van der Waals surface area contributed by atoms with Crippen LogP contribution in [-0.2, 0) is 0 Å². The largest absolute Gasteiger partial charge is 0.383 e. The van der Waals surface area contributed by atoms with Crippen LogP contribution in [0.15, 0.2) is 24.3 Å². The van der Waals surface area contributed by atoms with Crippen LogP contribution in [0.25, 0.3) is 0 Å². The van der Waals surface area contributed by atoms with Gasteiger partial charge in [0.2, 0.25) is 0 Å². The van der Waals surface area contributed by atoms with Gasteiger partial charge >= 0.3 is 0 Å². The number of hydrogen-bond acceptors (Lipinski definition) is 3. The van der Waals surface area contributed by atoms with Crippen molar-refractivity contribution in [2.45, 2.75) is 26.8 Å². The highest BCUT2D eigenvalue weighted by Crippen LogP contribution is 2.26. The molecule has 0 amide bonds. The third-order valence-corrected chi connectivity index (χ3v) is 3.29. The molecule has 19 heavy (non-hydrogen) atoms. The molecule has 0 aliphatic rings. The lowest BCUT2D eigenvalue weighted by Crippen LogP contribution is -2.10. The summed E-state index contributed by atoms with van der Waals surface area (Å²) in [5, 5.41) is 4.73. The normalized spacial score (nSPS) is 11.0. The summed E-state index contributed by atoms with van der Waals surface area (Å²) < 4.78 is 1.65. The fourth-order valence-electron chi connectivity index (χ4n) is 2.02. The number of benzene rings is 1. The second-order valence-electron chi connectivity index (χ2n) is 4.69. The Morgan fingerprint density at radius 1 is 1.37 bits per heavy atom. The first-order valence-electron chi connectivity index (χ1n) is 6.07. The molecule has 0 aliphatic carbocycles. The number of nitrogens with two attached hydrogens (primary N) is 1. The first kappa shape index (κ1) is 13.6. The van der Waals surface area contributed by atoms with Crippen molar-refractivity contribution in [1.29, 1.82) is 0 Å². The minimum Gasteiger partial charge on any atom is -0.383 e. The van der Waals surface area contributed by atoms with E-state index in [0.29, 0.717) is 27.7 Å². The molecule has 1 aromatic carbocycles. The lowest BCUT2D eigenvalue weighted by atomic mass is 10.0. The van der Waals surface area contributed by atoms with E-state index in [0.717, 1.165) is 0 Å². The van der Waals surface area contributed by atoms with Crippen molar-refractivity contribution in [3.8, 4) is 0 Å². The number of aromatic nitrogens is 2. The predicted molar refractivity (Wildman–Crippen MR) is 76.6 cm³/mol. The third-order valence-electron chi connectivity index (χ3n) is 2.96. The van der Waals surface area contributed by atoms with Crippen molar-refractivity contribution in [2.75, 3.05) is 5.73 Å². The molecule has 0 saturated heterocycles. The van der Waals surface area contributed by atoms with E-state index in [1.165, 1.54) is 0 Å². The van der Waals surface area contributed by atoms with Gasteiger partial charge in [0.05, 0.1) is 16.3 Å². The highest BCUT2D eigenvalue weighted by molar-refractivity contribution is 6.35. The number of nitrogen functional groups attached to an aromatic ring is 1. The van der Waals surface area contributed by atoms with Gasteiger partial charge in [0.25, 0.3) is 0 Å². The Kier molecular flexibility index (Phi) is 3.62. The molecule has 0 saturated carbocycles. The lowest BCUT2D eigenvalue weighted by molar-refractivity contribution is 0.103. The number of carbonyl (C=O) groups is 1. The van der Waals surface area contributed by atoms with E-state index in [1.807, 2.05) is 13.8 Å². The van der Waals surface area contributed by atoms with E-state index >= 15 is 0 Å². The molecule has 0 radical (unpaired) electrons. The highest BCUT2D eigenvalue weighted by atomic mass is 35.5. The number of aryl methyl sites for hydroxylation is 1. The third kappa shape index (κ3) is 2.36. The molecule has 0 atom stereocenters. The summed E-state index contributed by atoms with van der Waals surface area (Å²) >= 11 is 6.05. The molecule has 0 spiro atoms. The summed E-state index contributed by atoms with van der Waals surface area (Å²) in [6.45, 7) is 5.71. The van der Waals surface area contributed by atoms with Gasteiger partial charge in [0.15, 0.2) is 5.78 Å². The minimum absolute atomic E-state index is 0.103. The van der Waals surface area contributed by atoms with Crippen molar-refractivity contribution >= 4 is 23.2 Å². The van der Waals surface area contributed by atoms with Crippen molar-refractivity contribution in [1.82, 2.24) is 9.78 Å². The Morgan fingerprint density at radius 2 is 2.00 bits per heavy atom. The smallest absolute Gasteiger partial charge is 0.200 e. The van der Waals surface area contributed by atoms with Crippen LogP contribution in [0.2, 0.25) is 5.02 Å². The Balaban J connectivity index is 2.54. The zero-order valence-corrected chi connectivity index (χ0v) is 11.9. The summed E-state index contributed by atoms with van der Waals surface area (Å²) in [6.07, 6.45) is 0. The molecule has 2 N–H and O–H groups in total. The van der Waals surface area contributed by atoms with Gasteiger partial charge in [-0.05, 0) is 32.9 Å². The van der Waals surface area contributed by atoms with Crippen LogP contribution < -0.4 is 5.73 Å². The zero-order valence-electron chi connectivity index (χ0n) is 11.1. The number of rotatable bonds is 3. The highest BCUT2D eigenvalue weighted by Gasteiger charge is 2.23. The number of ketones is 1. The molecule has 2 aromatic rings. The van der Waals surface area contributed by atoms with E-state index in [-0.39, 0.29) is 11.8 Å². The van der Waals surface area contributed by atoms with Crippen LogP contribution in [0.5, 0.6) is 0 Å². The molecule has 0 fully saturated rings. The van der Waals surface area contributed by atoms with E-state index in [4.69, 9.17) is 17.3 Å². The van der Waals surface area contributed by atoms with Crippen LogP contribution >= 0.6 is 11.6 Å². The van der Waals surface area contributed by atoms with E-state index in [9.17, 15) is 4.79 Å². The van der Waals surface area contributed by atoms with Crippen molar-refractivity contribution < 1.29 is 4.79 Å². The summed E-state index contributed by atoms with van der Waals surface area (Å²) in [5.41, 5.74) is 7.53. The summed E-state index contributed by atoms with van der Waals surface area (Å²) in [5.74, 6) is 0.199. The summed E-state index contributed by atoms with van der Waals surface area (Å²) in [4.78, 5) is 12.5. The van der Waals surface area contributed by atoms with Crippen molar-refractivity contribution in [3.05, 3.63) is 46.1 Å². The molecule has 5 heteroatoms. The average Bonchev–Trinajstić information content (AvgIpc) is 2.65. The minimum atomic E-state index is -0.187. The number of nitrogens with zero attached hydrogens (tertiary/aromatic N) is 2. The van der Waals surface area contributed by atoms with E-state index < -0.39 is 0 Å². The maximum atomic E-state index is 12.5. The predicted octanol–water partition coefficient (Wildman–Crippen LogP) is 3.24. The lowest BCUT2D eigenvalue weighted by Gasteiger charge is -2.08. The maximum absolute atomic E-state index is 12.5. The van der Waals surface area contributed by atoms with E-state index in [2.05, 4.69) is 5.10 Å². The quantitative estimate of drug-likeness (QED) is 0.876. The average molecular weight is 278 g/mol. The second kappa shape index (κ2) is 5.05. The topological polar surface area (TPSA) is 60.9 Å². The molecule has 100 valence electrons. The molecule has 2 rings (SSSR count). The number of hydrogen-bond donors (Lipinski definition) is 1. The van der Waals surface area contributed by atoms with Crippen LogP contribution in [-0.4, -0.2) is 15.6 Å². The molecule has 1 heterocycles. The Morgan fingerprint density at radius 3 is 2.53 bits per heavy atom. The Labute approximate surface area is 117 Å². The van der Waals surface area contributed by atoms with Gasteiger partial charge in [-0.15, -0.1) is 0 Å². The van der Waals surface area contributed by atoms with Crippen molar-refractivity contribution in [3.63, 3.8) is 0 Å². The maximum Gasteiger partial charge on any atom is 0.200 e. The van der Waals surface area contributed by atoms with Gasteiger partial charge in [-0.1, -0.05) is 23.7 Å². The van der Waals surface area contributed by atoms with Crippen molar-refractivity contribution in [2.24, 2.45) is 0 Å². The SMILES string of the molecule is Cc1nn(C(C)C)c(N)c1C(=O)c1ccccc1Cl. The van der Waals surface area contributed by atoms with Crippen LogP contribution in [0, 0.1) is 6.92 Å². The summed E-state index contributed by atoms with van der Waals surface area (Å²) in [6, 6.07) is 7.04. The van der Waals surface area contributed by atoms with Gasteiger partial charge in [0.1, 0.15) is 5.82 Å². The number of carbonyl (C=O) groups excluding carboxylic acids is 1.